The minimum Gasteiger partial charge on any atom is -0.0878 e. The third kappa shape index (κ3) is 4.74. The van der Waals surface area contributed by atoms with Gasteiger partial charge in [0.25, 0.3) is 0 Å². The molecule has 0 unspecified atom stereocenters. The van der Waals surface area contributed by atoms with Crippen molar-refractivity contribution in [2.75, 3.05) is 0 Å². The summed E-state index contributed by atoms with van der Waals surface area (Å²) in [5.74, 6) is 6.77. The number of rotatable bonds is 2. The van der Waals surface area contributed by atoms with Crippen LogP contribution in [0.25, 0.3) is 6.08 Å². The van der Waals surface area contributed by atoms with Crippen molar-refractivity contribution >= 4 is 6.08 Å². The highest BCUT2D eigenvalue weighted by Crippen LogP contribution is 2.20. The first-order valence-electron chi connectivity index (χ1n) is 7.53. The molecule has 20 heavy (non-hydrogen) atoms. The Kier molecular flexibility index (Phi) is 4.85. The summed E-state index contributed by atoms with van der Waals surface area (Å²) < 4.78 is 0. The highest BCUT2D eigenvalue weighted by Gasteiger charge is 2.09. The molecule has 0 saturated heterocycles. The molecule has 0 saturated carbocycles. The van der Waals surface area contributed by atoms with E-state index >= 15 is 0 Å². The molecule has 0 aromatic heterocycles. The van der Waals surface area contributed by atoms with E-state index in [1.54, 1.807) is 0 Å². The first-order chi connectivity index (χ1) is 9.55. The summed E-state index contributed by atoms with van der Waals surface area (Å²) in [5.41, 5.74) is 3.78. The fraction of sp³-hybridized carbons (Fsp3) is 0.400. The van der Waals surface area contributed by atoms with Crippen molar-refractivity contribution in [2.45, 2.75) is 46.5 Å². The monoisotopic (exact) mass is 264 g/mol. The molecule has 0 nitrogen and oxygen atoms in total. The van der Waals surface area contributed by atoms with Crippen molar-refractivity contribution in [3.05, 3.63) is 53.1 Å². The predicted octanol–water partition coefficient (Wildman–Crippen LogP) is 5.54. The molecule has 0 fully saturated rings. The van der Waals surface area contributed by atoms with Crippen molar-refractivity contribution in [3.63, 3.8) is 0 Å². The molecule has 0 N–H and O–H groups in total. The molecule has 0 radical (unpaired) electrons. The zero-order valence-electron chi connectivity index (χ0n) is 12.9. The van der Waals surface area contributed by atoms with Crippen molar-refractivity contribution in [2.24, 2.45) is 5.41 Å². The van der Waals surface area contributed by atoms with Crippen molar-refractivity contribution in [3.8, 4) is 11.8 Å². The smallest absolute Gasteiger partial charge is 0.0444 e. The molecule has 0 amide bonds. The van der Waals surface area contributed by atoms with Gasteiger partial charge in [0.1, 0.15) is 0 Å². The van der Waals surface area contributed by atoms with Gasteiger partial charge in [-0.2, -0.15) is 0 Å². The Morgan fingerprint density at radius 2 is 1.85 bits per heavy atom. The third-order valence-electron chi connectivity index (χ3n) is 3.61. The fourth-order valence-corrected chi connectivity index (χ4v) is 2.22. The van der Waals surface area contributed by atoms with Gasteiger partial charge < -0.3 is 0 Å². The molecule has 0 atom stereocenters. The topological polar surface area (TPSA) is 0 Å². The minimum atomic E-state index is -0.0802. The summed E-state index contributed by atoms with van der Waals surface area (Å²) in [7, 11) is 0. The maximum Gasteiger partial charge on any atom is 0.0444 e. The van der Waals surface area contributed by atoms with Crippen LogP contribution < -0.4 is 0 Å². The Bertz CT molecular complexity index is 556. The molecule has 0 heteroatoms. The lowest BCUT2D eigenvalue weighted by Gasteiger charge is -2.12. The van der Waals surface area contributed by atoms with Gasteiger partial charge in [-0.3, -0.25) is 0 Å². The Morgan fingerprint density at radius 1 is 1.10 bits per heavy atom. The molecule has 0 aliphatic heterocycles. The average molecular weight is 264 g/mol. The Labute approximate surface area is 123 Å². The van der Waals surface area contributed by atoms with E-state index in [9.17, 15) is 0 Å². The maximum absolute atomic E-state index is 3.41. The molecular formula is C20H24. The number of aryl methyl sites for hydroxylation is 1. The molecule has 1 aliphatic rings. The summed E-state index contributed by atoms with van der Waals surface area (Å²) in [4.78, 5) is 0. The van der Waals surface area contributed by atoms with Gasteiger partial charge in [-0.1, -0.05) is 59.9 Å². The van der Waals surface area contributed by atoms with E-state index in [4.69, 9.17) is 0 Å². The summed E-state index contributed by atoms with van der Waals surface area (Å²) in [6.45, 7) is 6.46. The normalized spacial score (nSPS) is 15.7. The van der Waals surface area contributed by atoms with Crippen LogP contribution in [0.1, 0.15) is 50.7 Å². The van der Waals surface area contributed by atoms with E-state index in [1.807, 2.05) is 0 Å². The van der Waals surface area contributed by atoms with E-state index in [1.165, 1.54) is 36.0 Å². The van der Waals surface area contributed by atoms with Crippen molar-refractivity contribution in [1.82, 2.24) is 0 Å². The summed E-state index contributed by atoms with van der Waals surface area (Å²) in [6, 6.07) is 8.59. The standard InChI is InChI=1S/C20H24/c1-17-9-11-19(12-10-17)14-16-20(2,3)15-13-18-7-5-4-6-8-18/h7,9-12,14,16H,4-6,8H2,1-3H3/b16-14+. The van der Waals surface area contributed by atoms with Gasteiger partial charge in [0.15, 0.2) is 0 Å². The fourth-order valence-electron chi connectivity index (χ4n) is 2.22. The van der Waals surface area contributed by atoms with Crippen LogP contribution in [0.5, 0.6) is 0 Å². The third-order valence-corrected chi connectivity index (χ3v) is 3.61. The van der Waals surface area contributed by atoms with Gasteiger partial charge in [0, 0.05) is 5.41 Å². The van der Waals surface area contributed by atoms with Crippen LogP contribution in [0.15, 0.2) is 42.0 Å². The van der Waals surface area contributed by atoms with Crippen molar-refractivity contribution in [1.29, 1.82) is 0 Å². The van der Waals surface area contributed by atoms with Gasteiger partial charge in [0.05, 0.1) is 0 Å². The molecule has 0 spiro atoms. The lowest BCUT2D eigenvalue weighted by atomic mass is 9.91. The minimum absolute atomic E-state index is 0.0802. The first-order valence-corrected chi connectivity index (χ1v) is 7.53. The molecule has 0 heterocycles. The van der Waals surface area contributed by atoms with Crippen LogP contribution in [0, 0.1) is 24.2 Å². The SMILES string of the molecule is Cc1ccc(/C=C/C(C)(C)C#CC2=CCCCC2)cc1. The van der Waals surface area contributed by atoms with E-state index in [0.29, 0.717) is 0 Å². The van der Waals surface area contributed by atoms with Gasteiger partial charge >= 0.3 is 0 Å². The second-order valence-corrected chi connectivity index (χ2v) is 6.19. The van der Waals surface area contributed by atoms with Crippen molar-refractivity contribution < 1.29 is 0 Å². The zero-order valence-corrected chi connectivity index (χ0v) is 12.9. The Balaban J connectivity index is 2.05. The number of benzene rings is 1. The van der Waals surface area contributed by atoms with Gasteiger partial charge in [0.2, 0.25) is 0 Å². The van der Waals surface area contributed by atoms with Gasteiger partial charge in [-0.25, -0.2) is 0 Å². The van der Waals surface area contributed by atoms with Crippen LogP contribution >= 0.6 is 0 Å². The Hall–Kier alpha value is -1.74. The van der Waals surface area contributed by atoms with Crippen LogP contribution in [0.3, 0.4) is 0 Å². The van der Waals surface area contributed by atoms with Crippen LogP contribution in [-0.4, -0.2) is 0 Å². The zero-order chi connectivity index (χ0) is 14.4. The van der Waals surface area contributed by atoms with Gasteiger partial charge in [-0.15, -0.1) is 0 Å². The molecular weight excluding hydrogens is 240 g/mol. The number of hydrogen-bond donors (Lipinski definition) is 0. The molecule has 1 aromatic carbocycles. The largest absolute Gasteiger partial charge is 0.0878 e. The highest BCUT2D eigenvalue weighted by molar-refractivity contribution is 5.51. The van der Waals surface area contributed by atoms with Crippen LogP contribution in [0.2, 0.25) is 0 Å². The van der Waals surface area contributed by atoms with E-state index in [2.05, 4.69) is 75.1 Å². The summed E-state index contributed by atoms with van der Waals surface area (Å²) in [6.07, 6.45) is 11.6. The number of hydrogen-bond acceptors (Lipinski definition) is 0. The Morgan fingerprint density at radius 3 is 2.50 bits per heavy atom. The molecule has 2 rings (SSSR count). The molecule has 104 valence electrons. The summed E-state index contributed by atoms with van der Waals surface area (Å²) in [5, 5.41) is 0. The second-order valence-electron chi connectivity index (χ2n) is 6.19. The second kappa shape index (κ2) is 6.62. The molecule has 1 aromatic rings. The summed E-state index contributed by atoms with van der Waals surface area (Å²) >= 11 is 0. The van der Waals surface area contributed by atoms with Gasteiger partial charge in [-0.05, 0) is 57.6 Å². The lowest BCUT2D eigenvalue weighted by molar-refractivity contribution is 0.657. The van der Waals surface area contributed by atoms with E-state index in [-0.39, 0.29) is 5.41 Å². The number of allylic oxidation sites excluding steroid dienone is 3. The first kappa shape index (κ1) is 14.7. The van der Waals surface area contributed by atoms with Crippen LogP contribution in [0.4, 0.5) is 0 Å². The lowest BCUT2D eigenvalue weighted by Crippen LogP contribution is -2.03. The van der Waals surface area contributed by atoms with Crippen LogP contribution in [-0.2, 0) is 0 Å². The highest BCUT2D eigenvalue weighted by atomic mass is 14.1. The predicted molar refractivity (Wildman–Crippen MR) is 88.3 cm³/mol. The maximum atomic E-state index is 3.41. The quantitative estimate of drug-likeness (QED) is 0.615. The van der Waals surface area contributed by atoms with E-state index < -0.39 is 0 Å². The molecule has 1 aliphatic carbocycles. The van der Waals surface area contributed by atoms with E-state index in [0.717, 1.165) is 6.42 Å². The molecule has 0 bridgehead atoms. The average Bonchev–Trinajstić information content (AvgIpc) is 2.46.